The van der Waals surface area contributed by atoms with E-state index in [1.807, 2.05) is 25.1 Å². The van der Waals surface area contributed by atoms with Crippen molar-refractivity contribution in [3.05, 3.63) is 35.7 Å². The van der Waals surface area contributed by atoms with Gasteiger partial charge in [0.1, 0.15) is 17.0 Å². The van der Waals surface area contributed by atoms with Gasteiger partial charge in [0.2, 0.25) is 0 Å². The van der Waals surface area contributed by atoms with Crippen LogP contribution < -0.4 is 4.74 Å². The van der Waals surface area contributed by atoms with Crippen molar-refractivity contribution in [2.45, 2.75) is 18.9 Å². The fourth-order valence-corrected chi connectivity index (χ4v) is 2.42. The van der Waals surface area contributed by atoms with Crippen molar-refractivity contribution in [1.29, 1.82) is 0 Å². The fraction of sp³-hybridized carbons (Fsp3) is 0.429. The van der Waals surface area contributed by atoms with Gasteiger partial charge in [-0.3, -0.25) is 0 Å². The van der Waals surface area contributed by atoms with Crippen LogP contribution in [0.5, 0.6) is 5.75 Å². The number of methoxy groups -OCH3 is 1. The van der Waals surface area contributed by atoms with E-state index < -0.39 is 5.60 Å². The second-order valence-corrected chi connectivity index (χ2v) is 4.99. The van der Waals surface area contributed by atoms with Crippen molar-refractivity contribution >= 4 is 0 Å². The Labute approximate surface area is 116 Å². The summed E-state index contributed by atoms with van der Waals surface area (Å²) in [4.78, 5) is 0. The van der Waals surface area contributed by atoms with E-state index in [1.54, 1.807) is 18.0 Å². The number of hydrogen-bond acceptors (Lipinski definition) is 5. The molecule has 6 nitrogen and oxygen atoms in total. The smallest absolute Gasteiger partial charge is 0.135 e. The number of benzene rings is 1. The van der Waals surface area contributed by atoms with Crippen LogP contribution in [-0.4, -0.2) is 40.4 Å². The molecule has 2 heterocycles. The highest BCUT2D eigenvalue weighted by Crippen LogP contribution is 2.30. The maximum absolute atomic E-state index is 10.4. The largest absolute Gasteiger partial charge is 0.496 e. The molecule has 6 heteroatoms. The summed E-state index contributed by atoms with van der Waals surface area (Å²) in [6.45, 7) is 2.77. The molecule has 106 valence electrons. The maximum Gasteiger partial charge on any atom is 0.135 e. The highest BCUT2D eigenvalue weighted by Gasteiger charge is 2.37. The zero-order valence-corrected chi connectivity index (χ0v) is 11.5. The SMILES string of the molecule is COc1cccc(-n2cc(C3(O)CCOC3)nn2)c1C. The van der Waals surface area contributed by atoms with Gasteiger partial charge in [0.25, 0.3) is 0 Å². The summed E-state index contributed by atoms with van der Waals surface area (Å²) in [5, 5.41) is 18.6. The first-order valence-electron chi connectivity index (χ1n) is 6.51. The van der Waals surface area contributed by atoms with E-state index in [9.17, 15) is 5.11 Å². The molecule has 3 rings (SSSR count). The normalized spacial score (nSPS) is 22.1. The molecule has 1 aromatic carbocycles. The van der Waals surface area contributed by atoms with Crippen molar-refractivity contribution in [1.82, 2.24) is 15.0 Å². The zero-order valence-electron chi connectivity index (χ0n) is 11.5. The molecular formula is C14H17N3O3. The van der Waals surface area contributed by atoms with E-state index in [4.69, 9.17) is 9.47 Å². The predicted molar refractivity (Wildman–Crippen MR) is 72.0 cm³/mol. The number of hydrogen-bond donors (Lipinski definition) is 1. The van der Waals surface area contributed by atoms with Crippen molar-refractivity contribution in [3.8, 4) is 11.4 Å². The van der Waals surface area contributed by atoms with Crippen molar-refractivity contribution in [2.24, 2.45) is 0 Å². The van der Waals surface area contributed by atoms with Crippen LogP contribution in [0, 0.1) is 6.92 Å². The number of aliphatic hydroxyl groups is 1. The van der Waals surface area contributed by atoms with Crippen LogP contribution in [0.2, 0.25) is 0 Å². The van der Waals surface area contributed by atoms with Crippen molar-refractivity contribution in [2.75, 3.05) is 20.3 Å². The van der Waals surface area contributed by atoms with Gasteiger partial charge in [-0.15, -0.1) is 5.10 Å². The van der Waals surface area contributed by atoms with Gasteiger partial charge in [-0.05, 0) is 19.1 Å². The lowest BCUT2D eigenvalue weighted by atomic mass is 10.0. The second kappa shape index (κ2) is 4.88. The summed E-state index contributed by atoms with van der Waals surface area (Å²) in [6, 6.07) is 5.73. The lowest BCUT2D eigenvalue weighted by Crippen LogP contribution is -2.26. The van der Waals surface area contributed by atoms with Gasteiger partial charge < -0.3 is 14.6 Å². The predicted octanol–water partition coefficient (Wildman–Crippen LogP) is 1.19. The Morgan fingerprint density at radius 1 is 1.45 bits per heavy atom. The first-order valence-corrected chi connectivity index (χ1v) is 6.51. The van der Waals surface area contributed by atoms with Gasteiger partial charge in [0, 0.05) is 18.6 Å². The van der Waals surface area contributed by atoms with Crippen molar-refractivity contribution < 1.29 is 14.6 Å². The third kappa shape index (κ3) is 2.07. The van der Waals surface area contributed by atoms with Gasteiger partial charge in [0.05, 0.1) is 25.6 Å². The van der Waals surface area contributed by atoms with Crippen LogP contribution in [0.25, 0.3) is 5.69 Å². The molecule has 1 saturated heterocycles. The standard InChI is InChI=1S/C14H17N3O3/c1-10-11(4-3-5-12(10)19-2)17-8-13(15-16-17)14(18)6-7-20-9-14/h3-5,8,18H,6-7,9H2,1-2H3. The lowest BCUT2D eigenvalue weighted by Gasteiger charge is -2.16. The number of nitrogens with zero attached hydrogens (tertiary/aromatic N) is 3. The topological polar surface area (TPSA) is 69.4 Å². The van der Waals surface area contributed by atoms with Crippen LogP contribution in [0.15, 0.2) is 24.4 Å². The molecule has 0 amide bonds. The van der Waals surface area contributed by atoms with E-state index >= 15 is 0 Å². The summed E-state index contributed by atoms with van der Waals surface area (Å²) >= 11 is 0. The Balaban J connectivity index is 1.98. The Hall–Kier alpha value is -1.92. The molecule has 1 aliphatic rings. The number of ether oxygens (including phenoxy) is 2. The van der Waals surface area contributed by atoms with Crippen LogP contribution >= 0.6 is 0 Å². The molecule has 20 heavy (non-hydrogen) atoms. The molecule has 0 saturated carbocycles. The molecule has 0 bridgehead atoms. The van der Waals surface area contributed by atoms with Gasteiger partial charge in [-0.25, -0.2) is 4.68 Å². The summed E-state index contributed by atoms with van der Waals surface area (Å²) < 4.78 is 12.2. The molecule has 1 N–H and O–H groups in total. The molecule has 1 aliphatic heterocycles. The Morgan fingerprint density at radius 2 is 2.30 bits per heavy atom. The first kappa shape index (κ1) is 13.1. The molecule has 0 radical (unpaired) electrons. The van der Waals surface area contributed by atoms with E-state index in [1.165, 1.54) is 0 Å². The average molecular weight is 275 g/mol. The van der Waals surface area contributed by atoms with E-state index in [2.05, 4.69) is 10.3 Å². The second-order valence-electron chi connectivity index (χ2n) is 4.99. The number of aromatic nitrogens is 3. The molecule has 0 spiro atoms. The molecular weight excluding hydrogens is 258 g/mol. The van der Waals surface area contributed by atoms with E-state index in [0.29, 0.717) is 18.7 Å². The molecule has 1 aromatic heterocycles. The third-order valence-corrected chi connectivity index (χ3v) is 3.69. The zero-order chi connectivity index (χ0) is 14.2. The highest BCUT2D eigenvalue weighted by atomic mass is 16.5. The Bertz CT molecular complexity index is 618. The van der Waals surface area contributed by atoms with Gasteiger partial charge in [-0.2, -0.15) is 0 Å². The monoisotopic (exact) mass is 275 g/mol. The highest BCUT2D eigenvalue weighted by molar-refractivity contribution is 5.48. The molecule has 1 fully saturated rings. The van der Waals surface area contributed by atoms with Crippen LogP contribution in [-0.2, 0) is 10.3 Å². The molecule has 1 unspecified atom stereocenters. The minimum atomic E-state index is -1.02. The van der Waals surface area contributed by atoms with Gasteiger partial charge in [-0.1, -0.05) is 11.3 Å². The summed E-state index contributed by atoms with van der Waals surface area (Å²) in [7, 11) is 1.64. The van der Waals surface area contributed by atoms with Gasteiger partial charge in [0.15, 0.2) is 0 Å². The van der Waals surface area contributed by atoms with Gasteiger partial charge >= 0.3 is 0 Å². The minimum absolute atomic E-state index is 0.267. The maximum atomic E-state index is 10.4. The van der Waals surface area contributed by atoms with Crippen molar-refractivity contribution in [3.63, 3.8) is 0 Å². The first-order chi connectivity index (χ1) is 9.64. The summed E-state index contributed by atoms with van der Waals surface area (Å²) in [5.41, 5.74) is 1.37. The average Bonchev–Trinajstić information content (AvgIpc) is 3.09. The molecule has 0 aliphatic carbocycles. The lowest BCUT2D eigenvalue weighted by molar-refractivity contribution is 0.0193. The summed E-state index contributed by atoms with van der Waals surface area (Å²) in [6.07, 6.45) is 2.29. The third-order valence-electron chi connectivity index (χ3n) is 3.69. The Kier molecular flexibility index (Phi) is 3.19. The molecule has 2 aromatic rings. The van der Waals surface area contributed by atoms with Crippen LogP contribution in [0.3, 0.4) is 0 Å². The van der Waals surface area contributed by atoms with E-state index in [-0.39, 0.29) is 6.61 Å². The summed E-state index contributed by atoms with van der Waals surface area (Å²) in [5.74, 6) is 0.794. The molecule has 1 atom stereocenters. The van der Waals surface area contributed by atoms with Crippen LogP contribution in [0.4, 0.5) is 0 Å². The minimum Gasteiger partial charge on any atom is -0.496 e. The quantitative estimate of drug-likeness (QED) is 0.911. The Morgan fingerprint density at radius 3 is 3.00 bits per heavy atom. The van der Waals surface area contributed by atoms with Crippen LogP contribution in [0.1, 0.15) is 17.7 Å². The van der Waals surface area contributed by atoms with E-state index in [0.717, 1.165) is 17.0 Å². The fourth-order valence-electron chi connectivity index (χ4n) is 2.42. The number of rotatable bonds is 3.